The lowest BCUT2D eigenvalue weighted by atomic mass is 10.1. The van der Waals surface area contributed by atoms with Crippen LogP contribution in [-0.2, 0) is 0 Å². The van der Waals surface area contributed by atoms with Crippen LogP contribution < -0.4 is 4.74 Å². The number of carbonyl (C=O) groups excluding carboxylic acids is 1. The molecule has 0 saturated carbocycles. The van der Waals surface area contributed by atoms with Crippen LogP contribution in [0.15, 0.2) is 41.1 Å². The Labute approximate surface area is 131 Å². The number of hydrogen-bond acceptors (Lipinski definition) is 3. The van der Waals surface area contributed by atoms with Gasteiger partial charge in [0, 0.05) is 26.8 Å². The zero-order chi connectivity index (χ0) is 14.7. The number of hydrogen-bond donors (Lipinski definition) is 0. The van der Waals surface area contributed by atoms with Gasteiger partial charge >= 0.3 is 0 Å². The van der Waals surface area contributed by atoms with Crippen molar-refractivity contribution in [2.24, 2.45) is 0 Å². The summed E-state index contributed by atoms with van der Waals surface area (Å²) in [6, 6.07) is 6.75. The van der Waals surface area contributed by atoms with Crippen LogP contribution in [-0.4, -0.2) is 16.9 Å². The molecule has 0 bridgehead atoms. The molecular weight excluding hydrogens is 342 g/mol. The third kappa shape index (κ3) is 3.58. The van der Waals surface area contributed by atoms with Crippen molar-refractivity contribution in [1.29, 1.82) is 0 Å². The summed E-state index contributed by atoms with van der Waals surface area (Å²) in [5.74, 6) is 0.450. The van der Waals surface area contributed by atoms with Gasteiger partial charge in [0.05, 0.1) is 12.3 Å². The standard InChI is InChI=1S/C15H13BrClNO2/c1-9(2)20-12-5-10(7-18-8-12)15(19)13-4-3-11(17)6-14(13)16/h3-9H,1-2H3. The highest BCUT2D eigenvalue weighted by Gasteiger charge is 2.14. The number of nitrogens with zero attached hydrogens (tertiary/aromatic N) is 1. The molecule has 2 rings (SSSR count). The molecule has 1 heterocycles. The van der Waals surface area contributed by atoms with Crippen LogP contribution in [0, 0.1) is 0 Å². The molecule has 104 valence electrons. The Kier molecular flexibility index (Phi) is 4.78. The largest absolute Gasteiger partial charge is 0.489 e. The molecule has 0 N–H and O–H groups in total. The second-order valence-corrected chi connectivity index (χ2v) is 5.82. The van der Waals surface area contributed by atoms with Gasteiger partial charge in [-0.25, -0.2) is 0 Å². The minimum Gasteiger partial charge on any atom is -0.489 e. The van der Waals surface area contributed by atoms with E-state index in [2.05, 4.69) is 20.9 Å². The first-order chi connectivity index (χ1) is 9.47. The maximum absolute atomic E-state index is 12.4. The van der Waals surface area contributed by atoms with E-state index in [-0.39, 0.29) is 11.9 Å². The molecule has 0 atom stereocenters. The minimum atomic E-state index is -0.129. The molecule has 0 radical (unpaired) electrons. The smallest absolute Gasteiger partial charge is 0.195 e. The number of carbonyl (C=O) groups is 1. The second kappa shape index (κ2) is 6.37. The summed E-state index contributed by atoms with van der Waals surface area (Å²) >= 11 is 9.22. The Morgan fingerprint density at radius 1 is 1.30 bits per heavy atom. The van der Waals surface area contributed by atoms with Gasteiger partial charge in [0.15, 0.2) is 5.78 Å². The van der Waals surface area contributed by atoms with Crippen molar-refractivity contribution >= 4 is 33.3 Å². The fourth-order valence-electron chi connectivity index (χ4n) is 1.71. The molecule has 1 aromatic carbocycles. The third-order valence-corrected chi connectivity index (χ3v) is 3.41. The number of rotatable bonds is 4. The Balaban J connectivity index is 2.33. The molecular formula is C15H13BrClNO2. The first kappa shape index (κ1) is 15.0. The first-order valence-corrected chi connectivity index (χ1v) is 7.26. The van der Waals surface area contributed by atoms with Crippen LogP contribution in [0.4, 0.5) is 0 Å². The molecule has 20 heavy (non-hydrogen) atoms. The molecule has 3 nitrogen and oxygen atoms in total. The second-order valence-electron chi connectivity index (χ2n) is 4.53. The summed E-state index contributed by atoms with van der Waals surface area (Å²) in [6.45, 7) is 3.84. The van der Waals surface area contributed by atoms with Crippen molar-refractivity contribution < 1.29 is 9.53 Å². The summed E-state index contributed by atoms with van der Waals surface area (Å²) in [6.07, 6.45) is 3.15. The molecule has 0 spiro atoms. The lowest BCUT2D eigenvalue weighted by molar-refractivity contribution is 0.103. The van der Waals surface area contributed by atoms with Gasteiger partial charge in [-0.3, -0.25) is 9.78 Å². The zero-order valence-corrected chi connectivity index (χ0v) is 13.4. The highest BCUT2D eigenvalue weighted by Crippen LogP contribution is 2.25. The van der Waals surface area contributed by atoms with Crippen molar-refractivity contribution in [3.63, 3.8) is 0 Å². The molecule has 5 heteroatoms. The monoisotopic (exact) mass is 353 g/mol. The quantitative estimate of drug-likeness (QED) is 0.758. The molecule has 2 aromatic rings. The summed E-state index contributed by atoms with van der Waals surface area (Å²) in [5, 5.41) is 0.573. The fourth-order valence-corrected chi connectivity index (χ4v) is 2.57. The van der Waals surface area contributed by atoms with Crippen LogP contribution in [0.25, 0.3) is 0 Å². The number of ether oxygens (including phenoxy) is 1. The lowest BCUT2D eigenvalue weighted by Crippen LogP contribution is -2.08. The van der Waals surface area contributed by atoms with Gasteiger partial charge in [0.1, 0.15) is 5.75 Å². The molecule has 0 unspecified atom stereocenters. The topological polar surface area (TPSA) is 39.2 Å². The van der Waals surface area contributed by atoms with E-state index in [1.54, 1.807) is 30.5 Å². The summed E-state index contributed by atoms with van der Waals surface area (Å²) in [5.41, 5.74) is 1.02. The Morgan fingerprint density at radius 2 is 2.05 bits per heavy atom. The molecule has 0 aliphatic rings. The van der Waals surface area contributed by atoms with E-state index < -0.39 is 0 Å². The van der Waals surface area contributed by atoms with Crippen molar-refractivity contribution in [2.75, 3.05) is 0 Å². The normalized spacial score (nSPS) is 10.7. The Hall–Kier alpha value is -1.39. The van der Waals surface area contributed by atoms with E-state index in [9.17, 15) is 4.79 Å². The summed E-state index contributed by atoms with van der Waals surface area (Å²) < 4.78 is 6.20. The minimum absolute atomic E-state index is 0.0319. The average Bonchev–Trinajstić information content (AvgIpc) is 2.37. The van der Waals surface area contributed by atoms with Gasteiger partial charge in [0.25, 0.3) is 0 Å². The number of ketones is 1. The fraction of sp³-hybridized carbons (Fsp3) is 0.200. The molecule has 0 aliphatic carbocycles. The predicted octanol–water partition coefficient (Wildman–Crippen LogP) is 4.52. The van der Waals surface area contributed by atoms with Crippen molar-refractivity contribution in [1.82, 2.24) is 4.98 Å². The molecule has 0 aliphatic heterocycles. The van der Waals surface area contributed by atoms with E-state index in [0.717, 1.165) is 0 Å². The third-order valence-electron chi connectivity index (χ3n) is 2.52. The van der Waals surface area contributed by atoms with Crippen molar-refractivity contribution in [2.45, 2.75) is 20.0 Å². The molecule has 0 fully saturated rings. The maximum Gasteiger partial charge on any atom is 0.195 e. The van der Waals surface area contributed by atoms with Crippen LogP contribution in [0.3, 0.4) is 0 Å². The summed E-state index contributed by atoms with van der Waals surface area (Å²) in [7, 11) is 0. The van der Waals surface area contributed by atoms with Crippen molar-refractivity contribution in [3.05, 3.63) is 57.3 Å². The lowest BCUT2D eigenvalue weighted by Gasteiger charge is -2.10. The Bertz CT molecular complexity index is 644. The highest BCUT2D eigenvalue weighted by molar-refractivity contribution is 9.10. The van der Waals surface area contributed by atoms with Crippen molar-refractivity contribution in [3.8, 4) is 5.75 Å². The number of benzene rings is 1. The van der Waals surface area contributed by atoms with E-state index in [1.807, 2.05) is 13.8 Å². The molecule has 0 amide bonds. The van der Waals surface area contributed by atoms with Gasteiger partial charge in [-0.1, -0.05) is 11.6 Å². The predicted molar refractivity (Wildman–Crippen MR) is 82.6 cm³/mol. The molecule has 1 aromatic heterocycles. The number of pyridine rings is 1. The average molecular weight is 355 g/mol. The summed E-state index contributed by atoms with van der Waals surface area (Å²) in [4.78, 5) is 16.5. The highest BCUT2D eigenvalue weighted by atomic mass is 79.9. The van der Waals surface area contributed by atoms with Crippen LogP contribution >= 0.6 is 27.5 Å². The molecule has 0 saturated heterocycles. The maximum atomic E-state index is 12.4. The SMILES string of the molecule is CC(C)Oc1cncc(C(=O)c2ccc(Cl)cc2Br)c1. The van der Waals surface area contributed by atoms with Gasteiger partial charge in [-0.05, 0) is 54.0 Å². The van der Waals surface area contributed by atoms with Gasteiger partial charge in [0.2, 0.25) is 0 Å². The van der Waals surface area contributed by atoms with Gasteiger partial charge < -0.3 is 4.74 Å². The van der Waals surface area contributed by atoms with E-state index >= 15 is 0 Å². The van der Waals surface area contributed by atoms with E-state index in [0.29, 0.717) is 26.4 Å². The van der Waals surface area contributed by atoms with Crippen LogP contribution in [0.1, 0.15) is 29.8 Å². The Morgan fingerprint density at radius 3 is 2.70 bits per heavy atom. The van der Waals surface area contributed by atoms with E-state index in [1.165, 1.54) is 6.20 Å². The van der Waals surface area contributed by atoms with Gasteiger partial charge in [-0.2, -0.15) is 0 Å². The van der Waals surface area contributed by atoms with E-state index in [4.69, 9.17) is 16.3 Å². The van der Waals surface area contributed by atoms with Crippen LogP contribution in [0.5, 0.6) is 5.75 Å². The van der Waals surface area contributed by atoms with Gasteiger partial charge in [-0.15, -0.1) is 0 Å². The zero-order valence-electron chi connectivity index (χ0n) is 11.1. The van der Waals surface area contributed by atoms with Crippen LogP contribution in [0.2, 0.25) is 5.02 Å². The number of aromatic nitrogens is 1. The number of halogens is 2. The first-order valence-electron chi connectivity index (χ1n) is 6.09.